The number of allylic oxidation sites excluding steroid dienone is 1. The average Bonchev–Trinajstić information content (AvgIpc) is 3.22. The second-order valence-electron chi connectivity index (χ2n) is 6.21. The maximum Gasteiger partial charge on any atom is 0.322 e. The predicted molar refractivity (Wildman–Crippen MR) is 95.9 cm³/mol. The van der Waals surface area contributed by atoms with Crippen LogP contribution < -0.4 is 5.32 Å². The van der Waals surface area contributed by atoms with Crippen LogP contribution in [0.2, 0.25) is 0 Å². The maximum atomic E-state index is 12.8. The second kappa shape index (κ2) is 7.34. The summed E-state index contributed by atoms with van der Waals surface area (Å²) in [5.74, 6) is 0. The molecule has 0 saturated carbocycles. The number of anilines is 1. The number of amides is 2. The Morgan fingerprint density at radius 3 is 3.04 bits per heavy atom. The summed E-state index contributed by atoms with van der Waals surface area (Å²) in [6.45, 7) is 4.55. The Kier molecular flexibility index (Phi) is 4.99. The number of nitrogens with zero attached hydrogens (tertiary/aromatic N) is 3. The molecule has 0 unspecified atom stereocenters. The van der Waals surface area contributed by atoms with Crippen LogP contribution in [0.1, 0.15) is 36.4 Å². The van der Waals surface area contributed by atoms with Crippen LogP contribution in [0.25, 0.3) is 0 Å². The molecule has 0 bridgehead atoms. The van der Waals surface area contributed by atoms with Crippen LogP contribution in [0.4, 0.5) is 10.5 Å². The number of urea groups is 1. The fourth-order valence-corrected chi connectivity index (χ4v) is 3.27. The Balaban J connectivity index is 1.73. The molecule has 2 aromatic rings. The van der Waals surface area contributed by atoms with Gasteiger partial charge in [-0.25, -0.2) is 4.79 Å². The van der Waals surface area contributed by atoms with Crippen molar-refractivity contribution in [1.82, 2.24) is 14.7 Å². The van der Waals surface area contributed by atoms with Gasteiger partial charge < -0.3 is 10.2 Å². The van der Waals surface area contributed by atoms with E-state index in [1.54, 1.807) is 4.68 Å². The van der Waals surface area contributed by atoms with E-state index in [-0.39, 0.29) is 12.1 Å². The molecule has 1 N–H and O–H groups in total. The highest BCUT2D eigenvalue weighted by Gasteiger charge is 2.31. The number of likely N-dealkylation sites (tertiary alicyclic amines) is 1. The van der Waals surface area contributed by atoms with E-state index in [4.69, 9.17) is 0 Å². The third-order valence-corrected chi connectivity index (χ3v) is 4.50. The van der Waals surface area contributed by atoms with Crippen molar-refractivity contribution in [2.24, 2.45) is 7.05 Å². The van der Waals surface area contributed by atoms with E-state index in [1.807, 2.05) is 48.6 Å². The van der Waals surface area contributed by atoms with Gasteiger partial charge >= 0.3 is 6.03 Å². The van der Waals surface area contributed by atoms with Gasteiger partial charge in [0.15, 0.2) is 0 Å². The zero-order valence-electron chi connectivity index (χ0n) is 14.1. The van der Waals surface area contributed by atoms with Gasteiger partial charge in [-0.05, 0) is 37.3 Å². The first-order valence-electron chi connectivity index (χ1n) is 8.44. The lowest BCUT2D eigenvalue weighted by molar-refractivity contribution is 0.207. The van der Waals surface area contributed by atoms with Crippen LogP contribution in [-0.4, -0.2) is 27.3 Å². The van der Waals surface area contributed by atoms with Gasteiger partial charge in [0.1, 0.15) is 0 Å². The molecule has 1 aliphatic heterocycles. The number of para-hydroxylation sites is 1. The van der Waals surface area contributed by atoms with Gasteiger partial charge in [-0.3, -0.25) is 4.68 Å². The number of benzene rings is 1. The van der Waals surface area contributed by atoms with Crippen LogP contribution in [0.3, 0.4) is 0 Å². The zero-order chi connectivity index (χ0) is 16.9. The number of aryl methyl sites for hydroxylation is 2. The van der Waals surface area contributed by atoms with Gasteiger partial charge in [0.25, 0.3) is 0 Å². The van der Waals surface area contributed by atoms with Gasteiger partial charge in [-0.1, -0.05) is 24.3 Å². The fourth-order valence-electron chi connectivity index (χ4n) is 3.27. The lowest BCUT2D eigenvalue weighted by atomic mass is 10.1. The highest BCUT2D eigenvalue weighted by Crippen LogP contribution is 2.32. The topological polar surface area (TPSA) is 50.2 Å². The van der Waals surface area contributed by atoms with Crippen molar-refractivity contribution in [2.75, 3.05) is 11.9 Å². The molecule has 1 fully saturated rings. The molecule has 1 aromatic heterocycles. The Bertz CT molecular complexity index is 722. The first-order valence-corrected chi connectivity index (χ1v) is 8.44. The van der Waals surface area contributed by atoms with E-state index >= 15 is 0 Å². The highest BCUT2D eigenvalue weighted by molar-refractivity contribution is 5.90. The molecular weight excluding hydrogens is 300 g/mol. The summed E-state index contributed by atoms with van der Waals surface area (Å²) in [4.78, 5) is 14.7. The third-order valence-electron chi connectivity index (χ3n) is 4.50. The molecule has 1 aromatic carbocycles. The van der Waals surface area contributed by atoms with Gasteiger partial charge in [-0.2, -0.15) is 5.10 Å². The van der Waals surface area contributed by atoms with Gasteiger partial charge in [-0.15, -0.1) is 6.58 Å². The van der Waals surface area contributed by atoms with Crippen LogP contribution in [0, 0.1) is 0 Å². The standard InChI is InChI=1S/C19H24N4O/c1-3-4-8-15-9-5-6-10-17(15)21-19(24)23-12-7-11-18(23)16-13-20-22(2)14-16/h3,5-6,9-10,13-14,18H,1,4,7-8,11-12H2,2H3,(H,21,24)/t18-/m0/s1. The number of carbonyl (C=O) groups is 1. The zero-order valence-corrected chi connectivity index (χ0v) is 14.1. The molecular formula is C19H24N4O. The number of nitrogens with one attached hydrogen (secondary N) is 1. The van der Waals surface area contributed by atoms with E-state index in [0.29, 0.717) is 0 Å². The Morgan fingerprint density at radius 2 is 2.29 bits per heavy atom. The summed E-state index contributed by atoms with van der Waals surface area (Å²) in [6, 6.07) is 8.05. The molecule has 126 valence electrons. The minimum atomic E-state index is -0.0348. The predicted octanol–water partition coefficient (Wildman–Crippen LogP) is 3.91. The molecule has 1 aliphatic rings. The first kappa shape index (κ1) is 16.3. The summed E-state index contributed by atoms with van der Waals surface area (Å²) < 4.78 is 1.79. The molecule has 1 atom stereocenters. The number of hydrogen-bond acceptors (Lipinski definition) is 2. The fraction of sp³-hybridized carbons (Fsp3) is 0.368. The average molecular weight is 324 g/mol. The van der Waals surface area contributed by atoms with Crippen molar-refractivity contribution in [2.45, 2.75) is 31.7 Å². The second-order valence-corrected chi connectivity index (χ2v) is 6.21. The van der Waals surface area contributed by atoms with Crippen LogP contribution in [0.5, 0.6) is 0 Å². The van der Waals surface area contributed by atoms with E-state index in [2.05, 4.69) is 23.1 Å². The summed E-state index contributed by atoms with van der Waals surface area (Å²) >= 11 is 0. The largest absolute Gasteiger partial charge is 0.322 e. The third kappa shape index (κ3) is 3.50. The van der Waals surface area contributed by atoms with Crippen molar-refractivity contribution in [3.05, 3.63) is 60.4 Å². The molecule has 5 nitrogen and oxygen atoms in total. The lowest BCUT2D eigenvalue weighted by Gasteiger charge is -2.25. The summed E-state index contributed by atoms with van der Waals surface area (Å²) in [5.41, 5.74) is 3.13. The Hall–Kier alpha value is -2.56. The monoisotopic (exact) mass is 324 g/mol. The van der Waals surface area contributed by atoms with E-state index < -0.39 is 0 Å². The van der Waals surface area contributed by atoms with Crippen LogP contribution in [0.15, 0.2) is 49.3 Å². The first-order chi connectivity index (χ1) is 11.7. The number of rotatable bonds is 5. The maximum absolute atomic E-state index is 12.8. The van der Waals surface area contributed by atoms with Crippen LogP contribution in [-0.2, 0) is 13.5 Å². The van der Waals surface area contributed by atoms with Gasteiger partial charge in [0.2, 0.25) is 0 Å². The van der Waals surface area contributed by atoms with Crippen molar-refractivity contribution < 1.29 is 4.79 Å². The van der Waals surface area contributed by atoms with Gasteiger partial charge in [0.05, 0.1) is 12.2 Å². The summed E-state index contributed by atoms with van der Waals surface area (Å²) in [6.07, 6.45) is 9.53. The van der Waals surface area contributed by atoms with Gasteiger partial charge in [0, 0.05) is 31.0 Å². The Labute approximate surface area is 143 Å². The molecule has 0 aliphatic carbocycles. The Morgan fingerprint density at radius 1 is 1.46 bits per heavy atom. The number of hydrogen-bond donors (Lipinski definition) is 1. The lowest BCUT2D eigenvalue weighted by Crippen LogP contribution is -2.34. The van der Waals surface area contributed by atoms with Crippen molar-refractivity contribution in [3.8, 4) is 0 Å². The molecule has 2 heterocycles. The summed E-state index contributed by atoms with van der Waals surface area (Å²) in [5, 5.41) is 7.33. The molecule has 24 heavy (non-hydrogen) atoms. The molecule has 0 radical (unpaired) electrons. The SMILES string of the molecule is C=CCCc1ccccc1NC(=O)N1CCC[C@H]1c1cnn(C)c1. The van der Waals surface area contributed by atoms with Crippen LogP contribution >= 0.6 is 0 Å². The molecule has 2 amide bonds. The van der Waals surface area contributed by atoms with Crippen molar-refractivity contribution in [3.63, 3.8) is 0 Å². The van der Waals surface area contributed by atoms with E-state index in [0.717, 1.165) is 49.0 Å². The van der Waals surface area contributed by atoms with E-state index in [1.165, 1.54) is 0 Å². The molecule has 3 rings (SSSR count). The molecule has 1 saturated heterocycles. The highest BCUT2D eigenvalue weighted by atomic mass is 16.2. The number of aromatic nitrogens is 2. The smallest absolute Gasteiger partial charge is 0.317 e. The molecule has 0 spiro atoms. The minimum Gasteiger partial charge on any atom is -0.317 e. The normalized spacial score (nSPS) is 17.0. The summed E-state index contributed by atoms with van der Waals surface area (Å²) in [7, 11) is 1.90. The quantitative estimate of drug-likeness (QED) is 0.848. The van der Waals surface area contributed by atoms with Crippen molar-refractivity contribution in [1.29, 1.82) is 0 Å². The van der Waals surface area contributed by atoms with Crippen molar-refractivity contribution >= 4 is 11.7 Å². The minimum absolute atomic E-state index is 0.0348. The van der Waals surface area contributed by atoms with E-state index in [9.17, 15) is 4.79 Å². The number of carbonyl (C=O) groups excluding carboxylic acids is 1. The molecule has 5 heteroatoms.